The van der Waals surface area contributed by atoms with Gasteiger partial charge in [-0.15, -0.1) is 0 Å². The van der Waals surface area contributed by atoms with Crippen molar-refractivity contribution in [2.24, 2.45) is 11.8 Å². The number of piperidine rings is 2. The highest BCUT2D eigenvalue weighted by atomic mass is 19.1. The Labute approximate surface area is 66.4 Å². The summed E-state index contributed by atoms with van der Waals surface area (Å²) in [6.07, 6.45) is 5.37. The van der Waals surface area contributed by atoms with E-state index in [9.17, 15) is 4.39 Å². The van der Waals surface area contributed by atoms with E-state index >= 15 is 0 Å². The van der Waals surface area contributed by atoms with Gasteiger partial charge in [0.1, 0.15) is 0 Å². The number of hydrogen-bond donors (Lipinski definition) is 1. The highest BCUT2D eigenvalue weighted by Crippen LogP contribution is 2.49. The van der Waals surface area contributed by atoms with Gasteiger partial charge in [0.25, 0.3) is 0 Å². The van der Waals surface area contributed by atoms with Gasteiger partial charge in [0.05, 0.1) is 0 Å². The summed E-state index contributed by atoms with van der Waals surface area (Å²) < 4.78 is 13.8. The average molecular weight is 155 g/mol. The fraction of sp³-hybridized carbons (Fsp3) is 1.00. The van der Waals surface area contributed by atoms with Crippen LogP contribution in [-0.4, -0.2) is 11.8 Å². The lowest BCUT2D eigenvalue weighted by molar-refractivity contribution is -0.0790. The molecule has 4 rings (SSSR count). The van der Waals surface area contributed by atoms with Gasteiger partial charge < -0.3 is 0 Å². The average Bonchev–Trinajstić information content (AvgIpc) is 1.79. The third-order valence-corrected chi connectivity index (χ3v) is 3.59. The first-order chi connectivity index (χ1) is 5.23. The van der Waals surface area contributed by atoms with Crippen molar-refractivity contribution in [3.05, 3.63) is 0 Å². The van der Waals surface area contributed by atoms with Crippen LogP contribution in [0.15, 0.2) is 0 Å². The Morgan fingerprint density at radius 2 is 1.73 bits per heavy atom. The normalized spacial score (nSPS) is 60.3. The highest BCUT2D eigenvalue weighted by molar-refractivity contribution is 5.02. The molecular formula is C9H14FN. The fourth-order valence-corrected chi connectivity index (χ4v) is 3.50. The topological polar surface area (TPSA) is 12.0 Å². The van der Waals surface area contributed by atoms with Crippen LogP contribution in [0.4, 0.5) is 4.39 Å². The molecule has 2 saturated carbocycles. The predicted molar refractivity (Wildman–Crippen MR) is 40.8 cm³/mol. The first-order valence-electron chi connectivity index (χ1n) is 4.70. The van der Waals surface area contributed by atoms with Crippen LogP contribution < -0.4 is 5.32 Å². The van der Waals surface area contributed by atoms with Crippen LogP contribution in [0, 0.1) is 11.8 Å². The summed E-state index contributed by atoms with van der Waals surface area (Å²) in [7, 11) is 0. The molecule has 4 atom stereocenters. The number of rotatable bonds is 0. The quantitative estimate of drug-likeness (QED) is 0.526. The summed E-state index contributed by atoms with van der Waals surface area (Å²) >= 11 is 0. The van der Waals surface area contributed by atoms with Crippen LogP contribution in [0.1, 0.15) is 32.1 Å². The van der Waals surface area contributed by atoms with Crippen LogP contribution >= 0.6 is 0 Å². The standard InChI is InChI=1S/C9H14FN/c10-9-4-6-1-7(5-9)3-8(2-6)11-9/h6-8,11H,1-5H2/t6-,7+,8?,9?. The minimum Gasteiger partial charge on any atom is -0.282 e. The molecule has 2 heterocycles. The Morgan fingerprint density at radius 3 is 2.18 bits per heavy atom. The summed E-state index contributed by atoms with van der Waals surface area (Å²) in [6, 6.07) is 0.520. The monoisotopic (exact) mass is 155 g/mol. The van der Waals surface area contributed by atoms with E-state index in [4.69, 9.17) is 0 Å². The zero-order chi connectivity index (χ0) is 7.47. The molecule has 2 aliphatic heterocycles. The van der Waals surface area contributed by atoms with E-state index in [0.29, 0.717) is 17.9 Å². The van der Waals surface area contributed by atoms with E-state index < -0.39 is 5.79 Å². The summed E-state index contributed by atoms with van der Waals surface area (Å²) in [5.41, 5.74) is 0. The predicted octanol–water partition coefficient (Wildman–Crippen LogP) is 1.83. The van der Waals surface area contributed by atoms with Gasteiger partial charge in [-0.3, -0.25) is 5.32 Å². The molecule has 1 nitrogen and oxygen atoms in total. The first kappa shape index (κ1) is 6.41. The lowest BCUT2D eigenvalue weighted by Gasteiger charge is -2.53. The Balaban J connectivity index is 1.94. The lowest BCUT2D eigenvalue weighted by atomic mass is 9.64. The summed E-state index contributed by atoms with van der Waals surface area (Å²) in [5, 5.41) is 3.12. The second-order valence-electron chi connectivity index (χ2n) is 4.65. The van der Waals surface area contributed by atoms with Gasteiger partial charge in [0, 0.05) is 6.04 Å². The van der Waals surface area contributed by atoms with Crippen LogP contribution in [0.2, 0.25) is 0 Å². The Morgan fingerprint density at radius 1 is 1.09 bits per heavy atom. The molecule has 2 aliphatic carbocycles. The zero-order valence-corrected chi connectivity index (χ0v) is 6.65. The first-order valence-corrected chi connectivity index (χ1v) is 4.70. The molecule has 0 radical (unpaired) electrons. The maximum atomic E-state index is 13.8. The molecule has 2 heteroatoms. The van der Waals surface area contributed by atoms with E-state index in [1.54, 1.807) is 0 Å². The van der Waals surface area contributed by atoms with Crippen molar-refractivity contribution in [2.75, 3.05) is 0 Å². The Hall–Kier alpha value is -0.110. The Kier molecular flexibility index (Phi) is 1.04. The van der Waals surface area contributed by atoms with Crippen LogP contribution in [-0.2, 0) is 0 Å². The van der Waals surface area contributed by atoms with Crippen molar-refractivity contribution in [1.82, 2.24) is 5.32 Å². The van der Waals surface area contributed by atoms with Crippen molar-refractivity contribution in [3.8, 4) is 0 Å². The van der Waals surface area contributed by atoms with Gasteiger partial charge in [0.2, 0.25) is 0 Å². The summed E-state index contributed by atoms with van der Waals surface area (Å²) in [6.45, 7) is 0. The molecule has 0 amide bonds. The highest BCUT2D eigenvalue weighted by Gasteiger charge is 2.50. The minimum absolute atomic E-state index is 0.520. The molecule has 62 valence electrons. The zero-order valence-electron chi connectivity index (χ0n) is 6.65. The van der Waals surface area contributed by atoms with E-state index in [1.165, 1.54) is 19.3 Å². The number of nitrogens with one attached hydrogen (secondary N) is 1. The minimum atomic E-state index is -0.950. The van der Waals surface area contributed by atoms with Crippen molar-refractivity contribution in [2.45, 2.75) is 43.9 Å². The number of alkyl halides is 1. The number of hydrogen-bond acceptors (Lipinski definition) is 1. The molecule has 11 heavy (non-hydrogen) atoms. The van der Waals surface area contributed by atoms with E-state index in [1.807, 2.05) is 0 Å². The molecule has 4 aliphatic rings. The molecule has 0 aromatic rings. The van der Waals surface area contributed by atoms with E-state index in [2.05, 4.69) is 5.32 Å². The second kappa shape index (κ2) is 1.79. The van der Waals surface area contributed by atoms with Crippen LogP contribution in [0.5, 0.6) is 0 Å². The SMILES string of the molecule is FC12C[C@@H]3CC(C[C@@H](C3)C1)N2. The molecule has 0 aromatic carbocycles. The largest absolute Gasteiger partial charge is 0.282 e. The molecule has 4 bridgehead atoms. The maximum absolute atomic E-state index is 13.8. The second-order valence-corrected chi connectivity index (χ2v) is 4.65. The molecule has 2 saturated heterocycles. The summed E-state index contributed by atoms with van der Waals surface area (Å²) in [5.74, 6) is 0.465. The molecule has 2 unspecified atom stereocenters. The summed E-state index contributed by atoms with van der Waals surface area (Å²) in [4.78, 5) is 0. The fourth-order valence-electron chi connectivity index (χ4n) is 3.50. The van der Waals surface area contributed by atoms with Gasteiger partial charge in [-0.1, -0.05) is 0 Å². The van der Waals surface area contributed by atoms with Crippen LogP contribution in [0.3, 0.4) is 0 Å². The van der Waals surface area contributed by atoms with Crippen molar-refractivity contribution >= 4 is 0 Å². The van der Waals surface area contributed by atoms with Gasteiger partial charge >= 0.3 is 0 Å². The van der Waals surface area contributed by atoms with E-state index in [0.717, 1.165) is 12.8 Å². The third kappa shape index (κ3) is 0.851. The number of halogens is 1. The smallest absolute Gasteiger partial charge is 0.162 e. The molecule has 0 spiro atoms. The Bertz CT molecular complexity index is 155. The van der Waals surface area contributed by atoms with Crippen molar-refractivity contribution in [3.63, 3.8) is 0 Å². The third-order valence-electron chi connectivity index (χ3n) is 3.59. The van der Waals surface area contributed by atoms with Crippen molar-refractivity contribution in [1.29, 1.82) is 0 Å². The molecular weight excluding hydrogens is 141 g/mol. The van der Waals surface area contributed by atoms with Crippen LogP contribution in [0.25, 0.3) is 0 Å². The van der Waals surface area contributed by atoms with Gasteiger partial charge in [0.15, 0.2) is 5.79 Å². The molecule has 4 fully saturated rings. The lowest BCUT2D eigenvalue weighted by Crippen LogP contribution is -2.61. The van der Waals surface area contributed by atoms with E-state index in [-0.39, 0.29) is 0 Å². The van der Waals surface area contributed by atoms with Crippen molar-refractivity contribution < 1.29 is 4.39 Å². The van der Waals surface area contributed by atoms with Gasteiger partial charge in [-0.05, 0) is 43.9 Å². The molecule has 1 N–H and O–H groups in total. The van der Waals surface area contributed by atoms with Gasteiger partial charge in [-0.2, -0.15) is 0 Å². The van der Waals surface area contributed by atoms with Gasteiger partial charge in [-0.25, -0.2) is 4.39 Å². The molecule has 0 aromatic heterocycles. The maximum Gasteiger partial charge on any atom is 0.162 e.